The Hall–Kier alpha value is -0.900. The summed E-state index contributed by atoms with van der Waals surface area (Å²) in [5, 5.41) is 11.4. The third-order valence-electron chi connectivity index (χ3n) is 3.24. The van der Waals surface area contributed by atoms with Gasteiger partial charge in [0.1, 0.15) is 12.2 Å². The molecule has 0 atom stereocenters. The van der Waals surface area contributed by atoms with Gasteiger partial charge in [0.05, 0.1) is 0 Å². The molecule has 0 radical (unpaired) electrons. The number of aryl methyl sites for hydroxylation is 1. The summed E-state index contributed by atoms with van der Waals surface area (Å²) < 4.78 is 1.98. The van der Waals surface area contributed by atoms with Gasteiger partial charge in [-0.25, -0.2) is 0 Å². The number of nitrogens with zero attached hydrogens (tertiary/aromatic N) is 3. The number of nitrogens with one attached hydrogen (secondary N) is 1. The van der Waals surface area contributed by atoms with E-state index in [2.05, 4.69) is 15.5 Å². The zero-order valence-corrected chi connectivity index (χ0v) is 9.45. The summed E-state index contributed by atoms with van der Waals surface area (Å²) in [4.78, 5) is 0. The summed E-state index contributed by atoms with van der Waals surface area (Å²) in [6, 6.07) is 0. The van der Waals surface area contributed by atoms with Crippen LogP contribution in [0.25, 0.3) is 0 Å². The molecule has 0 saturated heterocycles. The molecule has 1 aromatic rings. The van der Waals surface area contributed by atoms with E-state index in [0.717, 1.165) is 24.7 Å². The highest BCUT2D eigenvalue weighted by Crippen LogP contribution is 2.23. The van der Waals surface area contributed by atoms with E-state index in [1.165, 1.54) is 32.2 Å². The first-order valence-electron chi connectivity index (χ1n) is 5.90. The van der Waals surface area contributed by atoms with E-state index in [9.17, 15) is 0 Å². The Kier molecular flexibility index (Phi) is 3.72. The number of rotatable bonds is 5. The molecular weight excluding hydrogens is 188 g/mol. The first-order chi connectivity index (χ1) is 7.36. The molecule has 0 spiro atoms. The van der Waals surface area contributed by atoms with Crippen molar-refractivity contribution in [1.82, 2.24) is 20.1 Å². The lowest BCUT2D eigenvalue weighted by atomic mass is 10.1. The third-order valence-corrected chi connectivity index (χ3v) is 3.24. The molecular formula is C11H20N4. The van der Waals surface area contributed by atoms with Gasteiger partial charge >= 0.3 is 0 Å². The summed E-state index contributed by atoms with van der Waals surface area (Å²) in [5.41, 5.74) is 0. The molecule has 84 valence electrons. The van der Waals surface area contributed by atoms with Crippen LogP contribution in [-0.2, 0) is 13.5 Å². The summed E-state index contributed by atoms with van der Waals surface area (Å²) in [7, 11) is 1.99. The van der Waals surface area contributed by atoms with Crippen LogP contribution in [0, 0.1) is 5.92 Å². The predicted molar refractivity (Wildman–Crippen MR) is 59.5 cm³/mol. The number of hydrogen-bond donors (Lipinski definition) is 1. The van der Waals surface area contributed by atoms with Crippen molar-refractivity contribution in [3.63, 3.8) is 0 Å². The van der Waals surface area contributed by atoms with Crippen molar-refractivity contribution in [2.24, 2.45) is 13.0 Å². The average Bonchev–Trinajstić information content (AvgIpc) is 2.85. The minimum absolute atomic E-state index is 0.921. The van der Waals surface area contributed by atoms with Gasteiger partial charge in [0.15, 0.2) is 0 Å². The fourth-order valence-electron chi connectivity index (χ4n) is 2.25. The molecule has 0 aromatic carbocycles. The molecule has 1 aliphatic rings. The van der Waals surface area contributed by atoms with E-state index >= 15 is 0 Å². The van der Waals surface area contributed by atoms with Gasteiger partial charge in [-0.3, -0.25) is 0 Å². The molecule has 15 heavy (non-hydrogen) atoms. The molecule has 4 heteroatoms. The van der Waals surface area contributed by atoms with Gasteiger partial charge in [0.2, 0.25) is 0 Å². The first-order valence-corrected chi connectivity index (χ1v) is 5.90. The Morgan fingerprint density at radius 3 is 2.93 bits per heavy atom. The van der Waals surface area contributed by atoms with Gasteiger partial charge in [-0.2, -0.15) is 0 Å². The summed E-state index contributed by atoms with van der Waals surface area (Å²) in [6.45, 7) is 2.20. The SMILES string of the molecule is Cn1cnnc1CCNCC1CCCC1. The largest absolute Gasteiger partial charge is 0.321 e. The summed E-state index contributed by atoms with van der Waals surface area (Å²) >= 11 is 0. The normalized spacial score (nSPS) is 17.4. The van der Waals surface area contributed by atoms with Gasteiger partial charge in [-0.15, -0.1) is 10.2 Å². The Labute approximate surface area is 91.1 Å². The van der Waals surface area contributed by atoms with Crippen LogP contribution in [-0.4, -0.2) is 27.9 Å². The average molecular weight is 208 g/mol. The van der Waals surface area contributed by atoms with Crippen molar-refractivity contribution < 1.29 is 0 Å². The van der Waals surface area contributed by atoms with Crippen LogP contribution in [0.5, 0.6) is 0 Å². The van der Waals surface area contributed by atoms with E-state index in [4.69, 9.17) is 0 Å². The highest BCUT2D eigenvalue weighted by molar-refractivity contribution is 4.85. The lowest BCUT2D eigenvalue weighted by molar-refractivity contribution is 0.488. The quantitative estimate of drug-likeness (QED) is 0.738. The molecule has 1 aromatic heterocycles. The molecule has 0 bridgehead atoms. The van der Waals surface area contributed by atoms with Gasteiger partial charge in [-0.05, 0) is 25.3 Å². The molecule has 1 N–H and O–H groups in total. The van der Waals surface area contributed by atoms with Crippen molar-refractivity contribution in [3.05, 3.63) is 12.2 Å². The highest BCUT2D eigenvalue weighted by atomic mass is 15.2. The molecule has 0 amide bonds. The molecule has 1 fully saturated rings. The Balaban J connectivity index is 1.60. The molecule has 1 heterocycles. The van der Waals surface area contributed by atoms with E-state index in [1.807, 2.05) is 11.6 Å². The minimum atomic E-state index is 0.921. The van der Waals surface area contributed by atoms with Gasteiger partial charge in [-0.1, -0.05) is 12.8 Å². The molecule has 4 nitrogen and oxygen atoms in total. The lowest BCUT2D eigenvalue weighted by Crippen LogP contribution is -2.24. The van der Waals surface area contributed by atoms with Crippen LogP contribution < -0.4 is 5.32 Å². The highest BCUT2D eigenvalue weighted by Gasteiger charge is 2.13. The molecule has 1 aliphatic carbocycles. The molecule has 0 unspecified atom stereocenters. The first kappa shape index (κ1) is 10.6. The van der Waals surface area contributed by atoms with Crippen LogP contribution in [0.1, 0.15) is 31.5 Å². The fraction of sp³-hybridized carbons (Fsp3) is 0.818. The second-order valence-electron chi connectivity index (χ2n) is 4.46. The second kappa shape index (κ2) is 5.26. The van der Waals surface area contributed by atoms with Crippen molar-refractivity contribution in [2.45, 2.75) is 32.1 Å². The second-order valence-corrected chi connectivity index (χ2v) is 4.46. The summed E-state index contributed by atoms with van der Waals surface area (Å²) in [6.07, 6.45) is 8.41. The minimum Gasteiger partial charge on any atom is -0.321 e. The fourth-order valence-corrected chi connectivity index (χ4v) is 2.25. The van der Waals surface area contributed by atoms with Crippen molar-refractivity contribution in [1.29, 1.82) is 0 Å². The molecule has 1 saturated carbocycles. The zero-order chi connectivity index (χ0) is 10.5. The molecule has 2 rings (SSSR count). The van der Waals surface area contributed by atoms with Gasteiger partial charge in [0.25, 0.3) is 0 Å². The van der Waals surface area contributed by atoms with Crippen molar-refractivity contribution in [2.75, 3.05) is 13.1 Å². The predicted octanol–water partition coefficient (Wildman–Crippen LogP) is 1.14. The van der Waals surface area contributed by atoms with Gasteiger partial charge in [0, 0.05) is 20.0 Å². The van der Waals surface area contributed by atoms with Crippen LogP contribution in [0.15, 0.2) is 6.33 Å². The summed E-state index contributed by atoms with van der Waals surface area (Å²) in [5.74, 6) is 1.98. The van der Waals surface area contributed by atoms with Crippen molar-refractivity contribution in [3.8, 4) is 0 Å². The van der Waals surface area contributed by atoms with Gasteiger partial charge < -0.3 is 9.88 Å². The van der Waals surface area contributed by atoms with Crippen LogP contribution >= 0.6 is 0 Å². The Bertz CT molecular complexity index is 289. The number of hydrogen-bond acceptors (Lipinski definition) is 3. The topological polar surface area (TPSA) is 42.7 Å². The smallest absolute Gasteiger partial charge is 0.133 e. The number of aromatic nitrogens is 3. The van der Waals surface area contributed by atoms with Crippen molar-refractivity contribution >= 4 is 0 Å². The molecule has 0 aliphatic heterocycles. The zero-order valence-electron chi connectivity index (χ0n) is 9.45. The Morgan fingerprint density at radius 1 is 1.47 bits per heavy atom. The standard InChI is InChI=1S/C11H20N4/c1-15-9-13-14-11(15)6-7-12-8-10-4-2-3-5-10/h9-10,12H,2-8H2,1H3. The van der Waals surface area contributed by atoms with E-state index < -0.39 is 0 Å². The Morgan fingerprint density at radius 2 is 2.27 bits per heavy atom. The van der Waals surface area contributed by atoms with E-state index in [-0.39, 0.29) is 0 Å². The van der Waals surface area contributed by atoms with Crippen LogP contribution in [0.4, 0.5) is 0 Å². The maximum Gasteiger partial charge on any atom is 0.133 e. The van der Waals surface area contributed by atoms with Crippen LogP contribution in [0.2, 0.25) is 0 Å². The third kappa shape index (κ3) is 3.02. The van der Waals surface area contributed by atoms with E-state index in [1.54, 1.807) is 6.33 Å². The lowest BCUT2D eigenvalue weighted by Gasteiger charge is -2.09. The monoisotopic (exact) mass is 208 g/mol. The van der Waals surface area contributed by atoms with Crippen LogP contribution in [0.3, 0.4) is 0 Å². The van der Waals surface area contributed by atoms with E-state index in [0.29, 0.717) is 0 Å². The maximum atomic E-state index is 4.06. The maximum absolute atomic E-state index is 4.06.